The van der Waals surface area contributed by atoms with Crippen LogP contribution >= 0.6 is 11.6 Å². The van der Waals surface area contributed by atoms with Crippen molar-refractivity contribution in [3.05, 3.63) is 28.8 Å². The van der Waals surface area contributed by atoms with Gasteiger partial charge >= 0.3 is 0 Å². The van der Waals surface area contributed by atoms with Gasteiger partial charge in [-0.25, -0.2) is 0 Å². The molecule has 0 radical (unpaired) electrons. The molecule has 1 saturated carbocycles. The summed E-state index contributed by atoms with van der Waals surface area (Å²) < 4.78 is 5.51. The molecule has 0 spiro atoms. The highest BCUT2D eigenvalue weighted by Gasteiger charge is 2.28. The first-order chi connectivity index (χ1) is 12.5. The molecule has 1 aliphatic heterocycles. The molecular formula is C19H26ClN3O3. The lowest BCUT2D eigenvalue weighted by Crippen LogP contribution is -2.53. The molecule has 26 heavy (non-hydrogen) atoms. The molecule has 1 saturated heterocycles. The fourth-order valence-corrected chi connectivity index (χ4v) is 3.74. The van der Waals surface area contributed by atoms with Crippen LogP contribution in [0.1, 0.15) is 49.4 Å². The number of ether oxygens (including phenoxy) is 1. The molecule has 1 heterocycles. The zero-order valence-electron chi connectivity index (χ0n) is 15.0. The molecule has 2 aliphatic rings. The first kappa shape index (κ1) is 19.1. The second-order valence-electron chi connectivity index (χ2n) is 7.00. The van der Waals surface area contributed by atoms with E-state index in [4.69, 9.17) is 16.3 Å². The van der Waals surface area contributed by atoms with E-state index in [0.29, 0.717) is 29.4 Å². The SMILES string of the molecule is C[C@H]1OCCN[C@@H]1C(=O)Nc1ccc(Cl)c(C(=O)NC2CCCCC2)c1. The van der Waals surface area contributed by atoms with Gasteiger partial charge in [0.25, 0.3) is 5.91 Å². The molecule has 3 N–H and O–H groups in total. The zero-order chi connectivity index (χ0) is 18.5. The molecule has 142 valence electrons. The maximum absolute atomic E-state index is 12.6. The Morgan fingerprint density at radius 1 is 1.23 bits per heavy atom. The minimum Gasteiger partial charge on any atom is -0.375 e. The monoisotopic (exact) mass is 379 g/mol. The summed E-state index contributed by atoms with van der Waals surface area (Å²) in [7, 11) is 0. The molecular weight excluding hydrogens is 354 g/mol. The number of carbonyl (C=O) groups excluding carboxylic acids is 2. The third-order valence-electron chi connectivity index (χ3n) is 5.02. The molecule has 6 nitrogen and oxygen atoms in total. The predicted octanol–water partition coefficient (Wildman–Crippen LogP) is 2.72. The van der Waals surface area contributed by atoms with Gasteiger partial charge in [-0.1, -0.05) is 30.9 Å². The van der Waals surface area contributed by atoms with E-state index in [1.54, 1.807) is 18.2 Å². The minimum absolute atomic E-state index is 0.182. The molecule has 0 aromatic heterocycles. The Kier molecular flexibility index (Phi) is 6.51. The topological polar surface area (TPSA) is 79.5 Å². The van der Waals surface area contributed by atoms with Gasteiger partial charge in [-0.05, 0) is 38.0 Å². The Balaban J connectivity index is 1.66. The van der Waals surface area contributed by atoms with Crippen LogP contribution in [0.2, 0.25) is 5.02 Å². The van der Waals surface area contributed by atoms with Crippen LogP contribution in [0.25, 0.3) is 0 Å². The summed E-state index contributed by atoms with van der Waals surface area (Å²) >= 11 is 6.21. The van der Waals surface area contributed by atoms with Gasteiger partial charge in [-0.2, -0.15) is 0 Å². The molecule has 2 atom stereocenters. The normalized spacial score (nSPS) is 24.1. The van der Waals surface area contributed by atoms with Crippen LogP contribution in [0.4, 0.5) is 5.69 Å². The second-order valence-corrected chi connectivity index (χ2v) is 7.41. The van der Waals surface area contributed by atoms with Crippen molar-refractivity contribution in [2.75, 3.05) is 18.5 Å². The minimum atomic E-state index is -0.418. The number of halogens is 1. The number of carbonyl (C=O) groups is 2. The van der Waals surface area contributed by atoms with Crippen LogP contribution in [0.5, 0.6) is 0 Å². The second kappa shape index (κ2) is 8.84. The summed E-state index contributed by atoms with van der Waals surface area (Å²) in [6, 6.07) is 4.76. The lowest BCUT2D eigenvalue weighted by Gasteiger charge is -2.29. The van der Waals surface area contributed by atoms with Crippen molar-refractivity contribution in [2.45, 2.75) is 57.2 Å². The highest BCUT2D eigenvalue weighted by atomic mass is 35.5. The van der Waals surface area contributed by atoms with Crippen molar-refractivity contribution in [1.29, 1.82) is 0 Å². The van der Waals surface area contributed by atoms with Gasteiger partial charge in [0.15, 0.2) is 0 Å². The van der Waals surface area contributed by atoms with Crippen molar-refractivity contribution >= 4 is 29.1 Å². The first-order valence-electron chi connectivity index (χ1n) is 9.31. The van der Waals surface area contributed by atoms with E-state index in [1.807, 2.05) is 6.92 Å². The van der Waals surface area contributed by atoms with Crippen molar-refractivity contribution in [2.24, 2.45) is 0 Å². The zero-order valence-corrected chi connectivity index (χ0v) is 15.8. The van der Waals surface area contributed by atoms with Gasteiger partial charge in [0.1, 0.15) is 6.04 Å². The van der Waals surface area contributed by atoms with Gasteiger partial charge in [-0.3, -0.25) is 9.59 Å². The van der Waals surface area contributed by atoms with Crippen LogP contribution in [0.3, 0.4) is 0 Å². The summed E-state index contributed by atoms with van der Waals surface area (Å²) in [5.74, 6) is -0.372. The fourth-order valence-electron chi connectivity index (χ4n) is 3.53. The smallest absolute Gasteiger partial charge is 0.253 e. The first-order valence-corrected chi connectivity index (χ1v) is 9.68. The summed E-state index contributed by atoms with van der Waals surface area (Å²) in [4.78, 5) is 25.1. The van der Waals surface area contributed by atoms with E-state index in [2.05, 4.69) is 16.0 Å². The fraction of sp³-hybridized carbons (Fsp3) is 0.579. The van der Waals surface area contributed by atoms with Gasteiger partial charge in [0, 0.05) is 18.3 Å². The number of nitrogens with one attached hydrogen (secondary N) is 3. The molecule has 2 amide bonds. The molecule has 0 unspecified atom stereocenters. The number of anilines is 1. The maximum Gasteiger partial charge on any atom is 0.253 e. The maximum atomic E-state index is 12.6. The van der Waals surface area contributed by atoms with Gasteiger partial charge in [0.2, 0.25) is 5.91 Å². The lowest BCUT2D eigenvalue weighted by atomic mass is 9.95. The highest BCUT2D eigenvalue weighted by Crippen LogP contribution is 2.23. The van der Waals surface area contributed by atoms with Crippen molar-refractivity contribution in [3.63, 3.8) is 0 Å². The van der Waals surface area contributed by atoms with Crippen LogP contribution in [-0.2, 0) is 9.53 Å². The van der Waals surface area contributed by atoms with E-state index in [9.17, 15) is 9.59 Å². The third-order valence-corrected chi connectivity index (χ3v) is 5.35. The average Bonchev–Trinajstić information content (AvgIpc) is 2.64. The number of benzene rings is 1. The van der Waals surface area contributed by atoms with Gasteiger partial charge < -0.3 is 20.7 Å². The standard InChI is InChI=1S/C19H26ClN3O3/c1-12-17(21-9-10-26-12)19(25)23-14-7-8-16(20)15(11-14)18(24)22-13-5-3-2-4-6-13/h7-8,11-13,17,21H,2-6,9-10H2,1H3,(H,22,24)(H,23,25)/t12-,17+/m1/s1. The Hall–Kier alpha value is -1.63. The summed E-state index contributed by atoms with van der Waals surface area (Å²) in [6.07, 6.45) is 5.32. The number of hydrogen-bond acceptors (Lipinski definition) is 4. The highest BCUT2D eigenvalue weighted by molar-refractivity contribution is 6.34. The number of morpholine rings is 1. The van der Waals surface area contributed by atoms with Crippen molar-refractivity contribution in [1.82, 2.24) is 10.6 Å². The van der Waals surface area contributed by atoms with E-state index < -0.39 is 6.04 Å². The Bertz CT molecular complexity index is 661. The average molecular weight is 380 g/mol. The summed E-state index contributed by atoms with van der Waals surface area (Å²) in [6.45, 7) is 3.09. The van der Waals surface area contributed by atoms with E-state index in [0.717, 1.165) is 25.7 Å². The quantitative estimate of drug-likeness (QED) is 0.751. The van der Waals surface area contributed by atoms with Gasteiger partial charge in [-0.15, -0.1) is 0 Å². The summed E-state index contributed by atoms with van der Waals surface area (Å²) in [5.41, 5.74) is 0.934. The van der Waals surface area contributed by atoms with Gasteiger partial charge in [0.05, 0.1) is 23.3 Å². The lowest BCUT2D eigenvalue weighted by molar-refractivity contribution is -0.123. The van der Waals surface area contributed by atoms with E-state index in [-0.39, 0.29) is 24.0 Å². The molecule has 0 bridgehead atoms. The van der Waals surface area contributed by atoms with Crippen LogP contribution in [0.15, 0.2) is 18.2 Å². The van der Waals surface area contributed by atoms with E-state index >= 15 is 0 Å². The number of hydrogen-bond donors (Lipinski definition) is 3. The van der Waals surface area contributed by atoms with Crippen LogP contribution in [-0.4, -0.2) is 43.2 Å². The predicted molar refractivity (Wildman–Crippen MR) is 102 cm³/mol. The third kappa shape index (κ3) is 4.75. The van der Waals surface area contributed by atoms with Crippen molar-refractivity contribution < 1.29 is 14.3 Å². The molecule has 3 rings (SSSR count). The van der Waals surface area contributed by atoms with Crippen molar-refractivity contribution in [3.8, 4) is 0 Å². The molecule has 2 fully saturated rings. The molecule has 1 aromatic carbocycles. The molecule has 7 heteroatoms. The van der Waals surface area contributed by atoms with Crippen LogP contribution in [0, 0.1) is 0 Å². The van der Waals surface area contributed by atoms with E-state index in [1.165, 1.54) is 6.42 Å². The number of amides is 2. The summed E-state index contributed by atoms with van der Waals surface area (Å²) in [5, 5.41) is 9.43. The molecule has 1 aromatic rings. The number of rotatable bonds is 4. The Labute approximate surface area is 159 Å². The largest absolute Gasteiger partial charge is 0.375 e. The Morgan fingerprint density at radius 2 is 2.00 bits per heavy atom. The Morgan fingerprint density at radius 3 is 2.73 bits per heavy atom. The molecule has 1 aliphatic carbocycles. The van der Waals surface area contributed by atoms with Crippen LogP contribution < -0.4 is 16.0 Å².